The Kier molecular flexibility index (Phi) is 16.4. The summed E-state index contributed by atoms with van der Waals surface area (Å²) in [5.41, 5.74) is 4.98. The number of aromatic amines is 2. The van der Waals surface area contributed by atoms with Crippen LogP contribution >= 0.6 is 0 Å². The lowest BCUT2D eigenvalue weighted by Crippen LogP contribution is -2.63. The first-order chi connectivity index (χ1) is 38.5. The maximum atomic E-state index is 14.4. The van der Waals surface area contributed by atoms with Gasteiger partial charge in [0.2, 0.25) is 11.9 Å². The number of aryl methyl sites for hydroxylation is 1. The van der Waals surface area contributed by atoms with Gasteiger partial charge in [0.15, 0.2) is 15.7 Å². The number of pyridine rings is 1. The number of H-pyrrole nitrogens is 2. The number of aromatic nitrogens is 7. The van der Waals surface area contributed by atoms with Crippen LogP contribution in [0, 0.1) is 19.7 Å². The van der Waals surface area contributed by atoms with E-state index >= 15 is 0 Å². The number of hydrogen-bond acceptors (Lipinski definition) is 17. The van der Waals surface area contributed by atoms with Crippen molar-refractivity contribution in [3.63, 3.8) is 0 Å². The molecule has 4 aromatic heterocycles. The molecule has 21 nitrogen and oxygen atoms in total. The number of amides is 2. The van der Waals surface area contributed by atoms with Crippen LogP contribution in [0.25, 0.3) is 10.9 Å². The van der Waals surface area contributed by atoms with Crippen LogP contribution in [0.3, 0.4) is 0 Å². The van der Waals surface area contributed by atoms with Crippen molar-refractivity contribution in [1.29, 1.82) is 0 Å². The number of benzene rings is 2. The number of carbonyl (C=O) groups is 2. The quantitative estimate of drug-likeness (QED) is 0.0910. The molecule has 10 rings (SSSR count). The Morgan fingerprint density at radius 2 is 1.65 bits per heavy atom. The fourth-order valence-corrected chi connectivity index (χ4v) is 12.7. The average Bonchev–Trinajstić information content (AvgIpc) is 3.85. The van der Waals surface area contributed by atoms with Crippen LogP contribution in [0.4, 0.5) is 27.7 Å². The Hall–Kier alpha value is -6.92. The second kappa shape index (κ2) is 23.1. The first-order valence-corrected chi connectivity index (χ1v) is 29.6. The van der Waals surface area contributed by atoms with Gasteiger partial charge in [-0.1, -0.05) is 26.0 Å². The van der Waals surface area contributed by atoms with Gasteiger partial charge in [0.05, 0.1) is 34.7 Å². The van der Waals surface area contributed by atoms with Crippen molar-refractivity contribution in [1.82, 2.24) is 60.0 Å². The van der Waals surface area contributed by atoms with E-state index in [1.165, 1.54) is 18.5 Å². The number of carbonyl (C=O) groups excluding carboxylic acids is 2. The third kappa shape index (κ3) is 12.3. The van der Waals surface area contributed by atoms with Crippen LogP contribution in [-0.2, 0) is 26.5 Å². The molecule has 3 fully saturated rings. The van der Waals surface area contributed by atoms with Gasteiger partial charge in [-0.05, 0) is 84.7 Å². The lowest BCUT2D eigenvalue weighted by Gasteiger charge is -2.45. The van der Waals surface area contributed by atoms with E-state index in [1.54, 1.807) is 57.4 Å². The molecule has 0 radical (unpaired) electrons. The molecule has 23 heteroatoms. The number of ether oxygens (including phenoxy) is 1. The minimum Gasteiger partial charge on any atom is -0.492 e. The summed E-state index contributed by atoms with van der Waals surface area (Å²) in [5, 5.41) is 14.7. The van der Waals surface area contributed by atoms with E-state index in [0.29, 0.717) is 105 Å². The van der Waals surface area contributed by atoms with Gasteiger partial charge >= 0.3 is 0 Å². The van der Waals surface area contributed by atoms with Crippen molar-refractivity contribution < 1.29 is 27.1 Å². The summed E-state index contributed by atoms with van der Waals surface area (Å²) in [6.45, 7) is 25.8. The second-order valence-corrected chi connectivity index (χ2v) is 26.6. The molecule has 2 aromatic carbocycles. The molecule has 4 aliphatic heterocycles. The minimum atomic E-state index is -3.84. The van der Waals surface area contributed by atoms with Crippen LogP contribution in [0.15, 0.2) is 70.9 Å². The Balaban J connectivity index is 0.696. The zero-order chi connectivity index (χ0) is 57.5. The molecule has 2 amide bonds. The normalized spacial score (nSPS) is 20.2. The van der Waals surface area contributed by atoms with Gasteiger partial charge in [0, 0.05) is 155 Å². The van der Waals surface area contributed by atoms with Crippen molar-refractivity contribution in [2.45, 2.75) is 108 Å². The Morgan fingerprint density at radius 3 is 2.35 bits per heavy atom. The van der Waals surface area contributed by atoms with Crippen molar-refractivity contribution in [2.75, 3.05) is 107 Å². The molecule has 81 heavy (non-hydrogen) atoms. The van der Waals surface area contributed by atoms with Crippen LogP contribution < -0.4 is 30.7 Å². The highest BCUT2D eigenvalue weighted by Gasteiger charge is 2.42. The van der Waals surface area contributed by atoms with E-state index in [4.69, 9.17) is 14.7 Å². The molecule has 8 heterocycles. The second-order valence-electron chi connectivity index (χ2n) is 23.9. The molecule has 1 unspecified atom stereocenters. The Bertz CT molecular complexity index is 3450. The zero-order valence-electron chi connectivity index (χ0n) is 48.0. The summed E-state index contributed by atoms with van der Waals surface area (Å²) in [6, 6.07) is 11.7. The molecular formula is C58H76FN15O6S. The Morgan fingerprint density at radius 1 is 0.914 bits per heavy atom. The molecular weight excluding hydrogens is 1050 g/mol. The lowest BCUT2D eigenvalue weighted by molar-refractivity contribution is -0.120. The van der Waals surface area contributed by atoms with Crippen molar-refractivity contribution in [3.05, 3.63) is 111 Å². The highest BCUT2D eigenvalue weighted by Crippen LogP contribution is 2.40. The highest BCUT2D eigenvalue weighted by molar-refractivity contribution is 7.92. The predicted molar refractivity (Wildman–Crippen MR) is 310 cm³/mol. The van der Waals surface area contributed by atoms with E-state index in [2.05, 4.69) is 69.2 Å². The zero-order valence-corrected chi connectivity index (χ0v) is 48.8. The number of nitrogens with one attached hydrogen (secondary N) is 4. The maximum absolute atomic E-state index is 14.4. The maximum Gasteiger partial charge on any atom is 0.257 e. The van der Waals surface area contributed by atoms with Crippen LogP contribution in [-0.4, -0.2) is 190 Å². The summed E-state index contributed by atoms with van der Waals surface area (Å²) in [7, 11) is -3.84. The van der Waals surface area contributed by atoms with Gasteiger partial charge < -0.3 is 35.1 Å². The summed E-state index contributed by atoms with van der Waals surface area (Å²) in [6.07, 6.45) is 5.65. The van der Waals surface area contributed by atoms with E-state index < -0.39 is 20.0 Å². The molecule has 0 saturated carbocycles. The molecule has 0 aliphatic carbocycles. The Labute approximate surface area is 473 Å². The SMILES string of the molecule is Cc1[nH]nc(Nc2ncnc3cc(OCCCN4CCN(C(=O)c5cnc(N6CCN(C[C@H]7CN[C@H](C)CN7CC(=O)N7CC(C)(C)c8[nH]c(=O)c(Cc9ccc(F)cc9)cc87)C(C)C6)nc5)CC4)c(S(=O)(=O)C(C)(C)C)cc23)c1C. The fourth-order valence-electron chi connectivity index (χ4n) is 11.4. The molecule has 0 bridgehead atoms. The van der Waals surface area contributed by atoms with Crippen molar-refractivity contribution in [3.8, 4) is 5.75 Å². The van der Waals surface area contributed by atoms with E-state index in [0.717, 1.165) is 54.4 Å². The van der Waals surface area contributed by atoms with Crippen LogP contribution in [0.5, 0.6) is 5.75 Å². The first-order valence-electron chi connectivity index (χ1n) is 28.1. The van der Waals surface area contributed by atoms with Gasteiger partial charge in [-0.15, -0.1) is 0 Å². The molecule has 3 saturated heterocycles. The smallest absolute Gasteiger partial charge is 0.257 e. The molecule has 4 aliphatic rings. The summed E-state index contributed by atoms with van der Waals surface area (Å²) in [4.78, 5) is 75.7. The monoisotopic (exact) mass is 1130 g/mol. The van der Waals surface area contributed by atoms with Crippen molar-refractivity contribution in [2.24, 2.45) is 0 Å². The third-order valence-electron chi connectivity index (χ3n) is 16.5. The van der Waals surface area contributed by atoms with Gasteiger partial charge in [0.25, 0.3) is 11.5 Å². The van der Waals surface area contributed by atoms with Crippen molar-refractivity contribution >= 4 is 55.8 Å². The summed E-state index contributed by atoms with van der Waals surface area (Å²) >= 11 is 0. The first kappa shape index (κ1) is 57.3. The minimum absolute atomic E-state index is 0.0121. The highest BCUT2D eigenvalue weighted by atomic mass is 32.2. The van der Waals surface area contributed by atoms with E-state index in [-0.39, 0.29) is 65.1 Å². The number of halogens is 1. The van der Waals surface area contributed by atoms with Gasteiger partial charge in [0.1, 0.15) is 28.6 Å². The number of nitrogens with zero attached hydrogens (tertiary/aromatic N) is 11. The number of fused-ring (bicyclic) bond motifs is 2. The average molecular weight is 1130 g/mol. The number of piperazine rings is 3. The molecule has 6 aromatic rings. The largest absolute Gasteiger partial charge is 0.492 e. The molecule has 0 spiro atoms. The molecule has 432 valence electrons. The summed E-state index contributed by atoms with van der Waals surface area (Å²) < 4.78 is 46.8. The van der Waals surface area contributed by atoms with Gasteiger partial charge in [-0.3, -0.25) is 34.2 Å². The lowest BCUT2D eigenvalue weighted by atomic mass is 9.91. The fraction of sp³-hybridized carbons (Fsp3) is 0.517. The van der Waals surface area contributed by atoms with Gasteiger partial charge in [-0.25, -0.2) is 32.7 Å². The number of anilines is 4. The molecule has 3 atom stereocenters. The predicted octanol–water partition coefficient (Wildman–Crippen LogP) is 5.22. The topological polar surface area (TPSA) is 234 Å². The van der Waals surface area contributed by atoms with E-state index in [1.807, 2.05) is 43.6 Å². The summed E-state index contributed by atoms with van der Waals surface area (Å²) in [5.74, 6) is 1.39. The van der Waals surface area contributed by atoms with E-state index in [9.17, 15) is 27.2 Å². The number of hydrogen-bond donors (Lipinski definition) is 4. The number of sulfone groups is 1. The van der Waals surface area contributed by atoms with Crippen LogP contribution in [0.2, 0.25) is 0 Å². The van der Waals surface area contributed by atoms with Gasteiger partial charge in [-0.2, -0.15) is 5.10 Å². The third-order valence-corrected chi connectivity index (χ3v) is 19.0. The standard InChI is InChI=1S/C58H76FN15O6S/c1-36-30-73(33-50(75)74-34-58(8,9)51-47(74)24-41(54(76)65-51)23-40-11-13-43(59)14-12-40)44(29-60-36)32-71-20-21-72(31-37(71)2)56-61-27-42(28-62-56)55(77)70-18-16-69(17-19-70)15-10-22-80-48-26-46-45(25-49(48)81(78,79)57(5,6)7)53(64-35-63-46)66-52-38(3)39(4)67-68-52/h11-14,24-28,35-37,44,60H,10,15-23,29-34H2,1-9H3,(H,65,76)(H2,63,64,66,67,68)/t36-,37?,44-/m1/s1. The van der Waals surface area contributed by atoms with Crippen LogP contribution in [0.1, 0.15) is 93.3 Å². The number of rotatable bonds is 16. The molecule has 4 N–H and O–H groups in total.